The standard InChI is InChI=1S/C51H35N3/c1-3-14-44(15-4-1)53(47-32-27-39(28-33-47)43-24-21-36-11-7-8-13-42(36)35-43)46-30-25-38(26-31-46)37-19-22-41(23-20-37)51-52-49-34-29-40-12-9-10-18-48(40)50(49)54(51)45-16-5-2-6-17-45/h1-35H. The van der Waals surface area contributed by atoms with E-state index in [0.29, 0.717) is 0 Å². The van der Waals surface area contributed by atoms with E-state index in [-0.39, 0.29) is 0 Å². The Labute approximate surface area is 314 Å². The molecule has 0 atom stereocenters. The van der Waals surface area contributed by atoms with E-state index >= 15 is 0 Å². The molecule has 0 aliphatic carbocycles. The van der Waals surface area contributed by atoms with Crippen LogP contribution < -0.4 is 4.90 Å². The Bertz CT molecular complexity index is 2890. The van der Waals surface area contributed by atoms with Crippen molar-refractivity contribution in [3.8, 4) is 39.3 Å². The lowest BCUT2D eigenvalue weighted by Crippen LogP contribution is -2.09. The molecular formula is C51H35N3. The normalized spacial score (nSPS) is 11.3. The van der Waals surface area contributed by atoms with Gasteiger partial charge in [-0.05, 0) is 99.1 Å². The molecule has 54 heavy (non-hydrogen) atoms. The Morgan fingerprint density at radius 3 is 1.52 bits per heavy atom. The molecule has 0 aliphatic heterocycles. The molecule has 0 unspecified atom stereocenters. The number of fused-ring (bicyclic) bond motifs is 4. The lowest BCUT2D eigenvalue weighted by molar-refractivity contribution is 1.11. The molecule has 10 aromatic rings. The fraction of sp³-hybridized carbons (Fsp3) is 0. The molecular weight excluding hydrogens is 655 g/mol. The maximum Gasteiger partial charge on any atom is 0.145 e. The maximum absolute atomic E-state index is 5.19. The molecule has 3 heteroatoms. The molecule has 0 amide bonds. The molecule has 10 rings (SSSR count). The van der Waals surface area contributed by atoms with Crippen molar-refractivity contribution in [3.05, 3.63) is 212 Å². The molecule has 254 valence electrons. The number of hydrogen-bond donors (Lipinski definition) is 0. The molecule has 0 N–H and O–H groups in total. The summed E-state index contributed by atoms with van der Waals surface area (Å²) in [6, 6.07) is 75.7. The highest BCUT2D eigenvalue weighted by molar-refractivity contribution is 6.06. The summed E-state index contributed by atoms with van der Waals surface area (Å²) in [7, 11) is 0. The molecule has 0 aliphatic rings. The minimum absolute atomic E-state index is 0.930. The van der Waals surface area contributed by atoms with Crippen LogP contribution in [0.15, 0.2) is 212 Å². The summed E-state index contributed by atoms with van der Waals surface area (Å²) < 4.78 is 2.30. The lowest BCUT2D eigenvalue weighted by atomic mass is 10.0. The average molecular weight is 690 g/mol. The first-order valence-electron chi connectivity index (χ1n) is 18.4. The molecule has 1 heterocycles. The molecule has 0 fully saturated rings. The highest BCUT2D eigenvalue weighted by Crippen LogP contribution is 2.38. The zero-order chi connectivity index (χ0) is 35.8. The molecule has 0 saturated carbocycles. The first-order valence-corrected chi connectivity index (χ1v) is 18.4. The maximum atomic E-state index is 5.19. The third-order valence-electron chi connectivity index (χ3n) is 10.4. The predicted molar refractivity (Wildman–Crippen MR) is 227 cm³/mol. The number of imidazole rings is 1. The van der Waals surface area contributed by atoms with Gasteiger partial charge in [-0.15, -0.1) is 0 Å². The summed E-state index contributed by atoms with van der Waals surface area (Å²) in [4.78, 5) is 7.51. The zero-order valence-electron chi connectivity index (χ0n) is 29.5. The Balaban J connectivity index is 0.976. The van der Waals surface area contributed by atoms with Gasteiger partial charge in [0.1, 0.15) is 5.82 Å². The minimum atomic E-state index is 0.930. The fourth-order valence-corrected chi connectivity index (χ4v) is 7.67. The Morgan fingerprint density at radius 2 is 0.833 bits per heavy atom. The van der Waals surface area contributed by atoms with Crippen LogP contribution in [0.1, 0.15) is 0 Å². The summed E-state index contributed by atoms with van der Waals surface area (Å²) >= 11 is 0. The van der Waals surface area contributed by atoms with E-state index in [1.165, 1.54) is 32.7 Å². The first kappa shape index (κ1) is 31.5. The largest absolute Gasteiger partial charge is 0.311 e. The van der Waals surface area contributed by atoms with Crippen LogP contribution in [0.4, 0.5) is 17.1 Å². The Kier molecular flexibility index (Phi) is 7.81. The molecule has 0 saturated heterocycles. The van der Waals surface area contributed by atoms with E-state index in [4.69, 9.17) is 4.98 Å². The monoisotopic (exact) mass is 689 g/mol. The third-order valence-corrected chi connectivity index (χ3v) is 10.4. The van der Waals surface area contributed by atoms with Crippen LogP contribution in [-0.2, 0) is 0 Å². The van der Waals surface area contributed by atoms with E-state index in [2.05, 4.69) is 222 Å². The number of rotatable bonds is 7. The van der Waals surface area contributed by atoms with Crippen LogP contribution in [0.5, 0.6) is 0 Å². The predicted octanol–water partition coefficient (Wildman–Crippen LogP) is 13.8. The van der Waals surface area contributed by atoms with Gasteiger partial charge in [0.15, 0.2) is 0 Å². The Hall–Kier alpha value is -7.23. The van der Waals surface area contributed by atoms with Crippen LogP contribution >= 0.6 is 0 Å². The number of benzene rings is 9. The molecule has 3 nitrogen and oxygen atoms in total. The summed E-state index contributed by atoms with van der Waals surface area (Å²) in [5, 5.41) is 4.90. The van der Waals surface area contributed by atoms with Gasteiger partial charge in [-0.1, -0.05) is 152 Å². The summed E-state index contributed by atoms with van der Waals surface area (Å²) in [5.74, 6) is 0.930. The molecule has 9 aromatic carbocycles. The summed E-state index contributed by atoms with van der Waals surface area (Å²) in [6.45, 7) is 0. The lowest BCUT2D eigenvalue weighted by Gasteiger charge is -2.26. The fourth-order valence-electron chi connectivity index (χ4n) is 7.67. The second-order valence-corrected chi connectivity index (χ2v) is 13.7. The summed E-state index contributed by atoms with van der Waals surface area (Å²) in [6.07, 6.45) is 0. The second kappa shape index (κ2) is 13.4. The Morgan fingerprint density at radius 1 is 0.352 bits per heavy atom. The molecule has 0 bridgehead atoms. The van der Waals surface area contributed by atoms with Crippen molar-refractivity contribution >= 4 is 49.6 Å². The van der Waals surface area contributed by atoms with Crippen LogP contribution in [-0.4, -0.2) is 9.55 Å². The first-order chi connectivity index (χ1) is 26.8. The van der Waals surface area contributed by atoms with Crippen molar-refractivity contribution < 1.29 is 0 Å². The van der Waals surface area contributed by atoms with Gasteiger partial charge in [-0.2, -0.15) is 0 Å². The molecule has 0 spiro atoms. The number of hydrogen-bond acceptors (Lipinski definition) is 2. The SMILES string of the molecule is c1ccc(N(c2ccc(-c3ccc(-c4nc5ccc6ccccc6c5n4-c4ccccc4)cc3)cc2)c2ccc(-c3ccc4ccccc4c3)cc2)cc1. The van der Waals surface area contributed by atoms with Crippen LogP contribution in [0.25, 0.3) is 71.9 Å². The minimum Gasteiger partial charge on any atom is -0.311 e. The number of aromatic nitrogens is 2. The van der Waals surface area contributed by atoms with Gasteiger partial charge in [0, 0.05) is 33.7 Å². The third kappa shape index (κ3) is 5.69. The van der Waals surface area contributed by atoms with Gasteiger partial charge in [0.05, 0.1) is 11.0 Å². The van der Waals surface area contributed by atoms with Gasteiger partial charge in [0.2, 0.25) is 0 Å². The molecule has 0 radical (unpaired) electrons. The van der Waals surface area contributed by atoms with Gasteiger partial charge < -0.3 is 4.90 Å². The van der Waals surface area contributed by atoms with Crippen molar-refractivity contribution in [1.29, 1.82) is 0 Å². The van der Waals surface area contributed by atoms with E-state index < -0.39 is 0 Å². The van der Waals surface area contributed by atoms with Crippen LogP contribution in [0, 0.1) is 0 Å². The number of anilines is 3. The van der Waals surface area contributed by atoms with E-state index in [1.807, 2.05) is 0 Å². The van der Waals surface area contributed by atoms with E-state index in [9.17, 15) is 0 Å². The van der Waals surface area contributed by atoms with E-state index in [1.54, 1.807) is 0 Å². The highest BCUT2D eigenvalue weighted by Gasteiger charge is 2.17. The van der Waals surface area contributed by atoms with Gasteiger partial charge in [-0.25, -0.2) is 4.98 Å². The van der Waals surface area contributed by atoms with Crippen molar-refractivity contribution in [3.63, 3.8) is 0 Å². The highest BCUT2D eigenvalue weighted by atomic mass is 15.1. The van der Waals surface area contributed by atoms with Crippen molar-refractivity contribution in [2.24, 2.45) is 0 Å². The number of para-hydroxylation sites is 2. The average Bonchev–Trinajstić information content (AvgIpc) is 3.65. The second-order valence-electron chi connectivity index (χ2n) is 13.7. The van der Waals surface area contributed by atoms with E-state index in [0.717, 1.165) is 56.3 Å². The van der Waals surface area contributed by atoms with Gasteiger partial charge in [0.25, 0.3) is 0 Å². The quantitative estimate of drug-likeness (QED) is 0.166. The van der Waals surface area contributed by atoms with Crippen molar-refractivity contribution in [1.82, 2.24) is 9.55 Å². The number of nitrogens with zero attached hydrogens (tertiary/aromatic N) is 3. The summed E-state index contributed by atoms with van der Waals surface area (Å²) in [5.41, 5.74) is 12.3. The van der Waals surface area contributed by atoms with Crippen molar-refractivity contribution in [2.75, 3.05) is 4.90 Å². The molecule has 1 aromatic heterocycles. The van der Waals surface area contributed by atoms with Gasteiger partial charge in [-0.3, -0.25) is 4.57 Å². The van der Waals surface area contributed by atoms with Crippen LogP contribution in [0.3, 0.4) is 0 Å². The smallest absolute Gasteiger partial charge is 0.145 e. The van der Waals surface area contributed by atoms with Crippen LogP contribution in [0.2, 0.25) is 0 Å². The van der Waals surface area contributed by atoms with Gasteiger partial charge >= 0.3 is 0 Å². The zero-order valence-corrected chi connectivity index (χ0v) is 29.5. The van der Waals surface area contributed by atoms with Crippen molar-refractivity contribution in [2.45, 2.75) is 0 Å². The topological polar surface area (TPSA) is 21.1 Å².